The number of amides is 1. The predicted octanol–water partition coefficient (Wildman–Crippen LogP) is 4.73. The number of carboxylic acids is 1. The van der Waals surface area contributed by atoms with Crippen molar-refractivity contribution in [2.24, 2.45) is 5.10 Å². The van der Waals surface area contributed by atoms with Crippen LogP contribution in [0.3, 0.4) is 0 Å². The number of nitrogens with zero attached hydrogens (tertiary/aromatic N) is 2. The third kappa shape index (κ3) is 7.12. The molecule has 0 saturated heterocycles. The summed E-state index contributed by atoms with van der Waals surface area (Å²) in [6, 6.07) is 15.8. The van der Waals surface area contributed by atoms with E-state index in [2.05, 4.69) is 26.5 Å². The standard InChI is InChI=1S/C25H22BrN3O7/c1-2-35-22-12-17(14-27-28-23(30)13-18-7-3-4-9-21(18)29(33)34)11-20(26)24(22)36-15-16-6-5-8-19(10-16)25(31)32/h3-12,14H,2,13,15H2,1H3,(H,28,30)(H,31,32)/b27-14+. The quantitative estimate of drug-likeness (QED) is 0.198. The van der Waals surface area contributed by atoms with E-state index in [9.17, 15) is 19.7 Å². The van der Waals surface area contributed by atoms with Gasteiger partial charge in [-0.05, 0) is 58.2 Å². The summed E-state index contributed by atoms with van der Waals surface area (Å²) in [4.78, 5) is 34.0. The molecule has 2 N–H and O–H groups in total. The number of ether oxygens (including phenoxy) is 2. The number of hydrogen-bond donors (Lipinski definition) is 2. The Morgan fingerprint density at radius 2 is 1.92 bits per heavy atom. The summed E-state index contributed by atoms with van der Waals surface area (Å²) in [5, 5.41) is 24.2. The van der Waals surface area contributed by atoms with E-state index in [1.165, 1.54) is 36.5 Å². The van der Waals surface area contributed by atoms with Crippen LogP contribution in [0.25, 0.3) is 0 Å². The molecule has 10 nitrogen and oxygen atoms in total. The van der Waals surface area contributed by atoms with E-state index in [1.807, 2.05) is 6.92 Å². The Morgan fingerprint density at radius 3 is 2.64 bits per heavy atom. The zero-order valence-corrected chi connectivity index (χ0v) is 20.7. The van der Waals surface area contributed by atoms with E-state index in [1.54, 1.807) is 30.3 Å². The summed E-state index contributed by atoms with van der Waals surface area (Å²) in [5.74, 6) is -0.678. The number of nitrogens with one attached hydrogen (secondary N) is 1. The van der Waals surface area contributed by atoms with Crippen LogP contribution < -0.4 is 14.9 Å². The maximum absolute atomic E-state index is 12.2. The Bertz CT molecular complexity index is 1310. The van der Waals surface area contributed by atoms with Crippen LogP contribution >= 0.6 is 15.9 Å². The van der Waals surface area contributed by atoms with Gasteiger partial charge in [-0.1, -0.05) is 30.3 Å². The molecule has 36 heavy (non-hydrogen) atoms. The zero-order valence-electron chi connectivity index (χ0n) is 19.1. The van der Waals surface area contributed by atoms with Gasteiger partial charge in [0.15, 0.2) is 11.5 Å². The fraction of sp³-hybridized carbons (Fsp3) is 0.160. The third-order valence-corrected chi connectivity index (χ3v) is 5.42. The lowest BCUT2D eigenvalue weighted by molar-refractivity contribution is -0.385. The lowest BCUT2D eigenvalue weighted by Gasteiger charge is -2.15. The molecule has 0 unspecified atom stereocenters. The van der Waals surface area contributed by atoms with Gasteiger partial charge in [-0.3, -0.25) is 14.9 Å². The number of nitro benzene ring substituents is 1. The van der Waals surface area contributed by atoms with Crippen molar-refractivity contribution in [3.05, 3.63) is 97.5 Å². The summed E-state index contributed by atoms with van der Waals surface area (Å²) >= 11 is 3.45. The predicted molar refractivity (Wildman–Crippen MR) is 136 cm³/mol. The number of benzene rings is 3. The Morgan fingerprint density at radius 1 is 1.14 bits per heavy atom. The second-order valence-electron chi connectivity index (χ2n) is 7.41. The monoisotopic (exact) mass is 555 g/mol. The maximum atomic E-state index is 12.2. The van der Waals surface area contributed by atoms with Gasteiger partial charge in [-0.2, -0.15) is 5.10 Å². The van der Waals surface area contributed by atoms with Crippen molar-refractivity contribution < 1.29 is 29.1 Å². The van der Waals surface area contributed by atoms with Gasteiger partial charge in [0.25, 0.3) is 5.69 Å². The molecule has 0 fully saturated rings. The minimum atomic E-state index is -1.02. The summed E-state index contributed by atoms with van der Waals surface area (Å²) in [7, 11) is 0. The van der Waals surface area contributed by atoms with Gasteiger partial charge < -0.3 is 14.6 Å². The van der Waals surface area contributed by atoms with Crippen molar-refractivity contribution in [3.63, 3.8) is 0 Å². The first-order valence-corrected chi connectivity index (χ1v) is 11.5. The number of aromatic carboxylic acids is 1. The molecule has 11 heteroatoms. The number of carboxylic acid groups (broad SMARTS) is 1. The number of hydrazone groups is 1. The average Bonchev–Trinajstić information content (AvgIpc) is 2.84. The first-order valence-electron chi connectivity index (χ1n) is 10.7. The molecule has 0 heterocycles. The number of nitro groups is 1. The van der Waals surface area contributed by atoms with Gasteiger partial charge >= 0.3 is 5.97 Å². The van der Waals surface area contributed by atoms with Crippen molar-refractivity contribution >= 4 is 39.7 Å². The second-order valence-corrected chi connectivity index (χ2v) is 8.27. The Balaban J connectivity index is 1.69. The van der Waals surface area contributed by atoms with Gasteiger partial charge in [0, 0.05) is 11.6 Å². The van der Waals surface area contributed by atoms with E-state index in [-0.39, 0.29) is 29.8 Å². The Labute approximate surface area is 214 Å². The minimum Gasteiger partial charge on any atom is -0.490 e. The smallest absolute Gasteiger partial charge is 0.335 e. The van der Waals surface area contributed by atoms with Gasteiger partial charge in [0.2, 0.25) is 5.91 Å². The van der Waals surface area contributed by atoms with Crippen molar-refractivity contribution in [2.75, 3.05) is 6.61 Å². The molecule has 0 aliphatic heterocycles. The van der Waals surface area contributed by atoms with Crippen LogP contribution in [0, 0.1) is 10.1 Å². The van der Waals surface area contributed by atoms with E-state index < -0.39 is 16.8 Å². The highest BCUT2D eigenvalue weighted by Gasteiger charge is 2.16. The Hall–Kier alpha value is -4.25. The van der Waals surface area contributed by atoms with Crippen LogP contribution in [0.2, 0.25) is 0 Å². The molecular formula is C25H22BrN3O7. The highest BCUT2D eigenvalue weighted by molar-refractivity contribution is 9.10. The molecule has 0 aliphatic rings. The van der Waals surface area contributed by atoms with Crippen molar-refractivity contribution in [1.82, 2.24) is 5.43 Å². The first kappa shape index (κ1) is 26.4. The molecule has 1 amide bonds. The lowest BCUT2D eigenvalue weighted by atomic mass is 10.1. The van der Waals surface area contributed by atoms with E-state index in [0.29, 0.717) is 33.7 Å². The number of carbonyl (C=O) groups excluding carboxylic acids is 1. The van der Waals surface area contributed by atoms with E-state index in [0.717, 1.165) is 0 Å². The number of hydrogen-bond acceptors (Lipinski definition) is 7. The van der Waals surface area contributed by atoms with Crippen LogP contribution in [-0.4, -0.2) is 34.7 Å². The van der Waals surface area contributed by atoms with E-state index >= 15 is 0 Å². The molecule has 0 saturated carbocycles. The largest absolute Gasteiger partial charge is 0.490 e. The highest BCUT2D eigenvalue weighted by Crippen LogP contribution is 2.37. The molecular weight excluding hydrogens is 534 g/mol. The molecule has 0 atom stereocenters. The second kappa shape index (κ2) is 12.5. The molecule has 0 aromatic heterocycles. The average molecular weight is 556 g/mol. The summed E-state index contributed by atoms with van der Waals surface area (Å²) in [6.45, 7) is 2.30. The normalized spacial score (nSPS) is 10.7. The van der Waals surface area contributed by atoms with E-state index in [4.69, 9.17) is 14.6 Å². The van der Waals surface area contributed by atoms with Crippen LogP contribution in [0.15, 0.2) is 70.2 Å². The number of halogens is 1. The molecule has 0 spiro atoms. The van der Waals surface area contributed by atoms with Gasteiger partial charge in [-0.15, -0.1) is 0 Å². The molecule has 186 valence electrons. The minimum absolute atomic E-state index is 0.120. The molecule has 0 radical (unpaired) electrons. The van der Waals surface area contributed by atoms with Crippen molar-refractivity contribution in [1.29, 1.82) is 0 Å². The summed E-state index contributed by atoms with van der Waals surface area (Å²) in [5.41, 5.74) is 3.95. The van der Waals surface area contributed by atoms with Gasteiger partial charge in [-0.25, -0.2) is 10.2 Å². The number of carbonyl (C=O) groups is 2. The number of rotatable bonds is 11. The lowest BCUT2D eigenvalue weighted by Crippen LogP contribution is -2.20. The van der Waals surface area contributed by atoms with Crippen LogP contribution in [0.4, 0.5) is 5.69 Å². The summed E-state index contributed by atoms with van der Waals surface area (Å²) < 4.78 is 12.2. The van der Waals surface area contributed by atoms with Gasteiger partial charge in [0.05, 0.1) is 34.2 Å². The van der Waals surface area contributed by atoms with Crippen LogP contribution in [0.5, 0.6) is 11.5 Å². The van der Waals surface area contributed by atoms with Crippen molar-refractivity contribution in [3.8, 4) is 11.5 Å². The molecule has 3 aromatic carbocycles. The zero-order chi connectivity index (χ0) is 26.1. The Kier molecular flexibility index (Phi) is 9.12. The first-order chi connectivity index (χ1) is 17.3. The number of para-hydroxylation sites is 1. The third-order valence-electron chi connectivity index (χ3n) is 4.83. The van der Waals surface area contributed by atoms with Crippen LogP contribution in [-0.2, 0) is 17.8 Å². The molecule has 3 rings (SSSR count). The van der Waals surface area contributed by atoms with Crippen LogP contribution in [0.1, 0.15) is 34.0 Å². The maximum Gasteiger partial charge on any atom is 0.335 e. The fourth-order valence-corrected chi connectivity index (χ4v) is 3.82. The highest BCUT2D eigenvalue weighted by atomic mass is 79.9. The topological polar surface area (TPSA) is 140 Å². The molecule has 0 bridgehead atoms. The molecule has 3 aromatic rings. The molecule has 0 aliphatic carbocycles. The fourth-order valence-electron chi connectivity index (χ4n) is 3.24. The SMILES string of the molecule is CCOc1cc(/C=N/NC(=O)Cc2ccccc2[N+](=O)[O-])cc(Br)c1OCc1cccc(C(=O)O)c1. The van der Waals surface area contributed by atoms with Gasteiger partial charge in [0.1, 0.15) is 6.61 Å². The van der Waals surface area contributed by atoms with Crippen molar-refractivity contribution in [2.45, 2.75) is 20.0 Å². The summed E-state index contributed by atoms with van der Waals surface area (Å²) in [6.07, 6.45) is 1.21.